The van der Waals surface area contributed by atoms with Gasteiger partial charge in [-0.25, -0.2) is 0 Å². The highest BCUT2D eigenvalue weighted by molar-refractivity contribution is 5.99. The van der Waals surface area contributed by atoms with E-state index in [1.807, 2.05) is 25.8 Å². The van der Waals surface area contributed by atoms with Crippen molar-refractivity contribution in [3.63, 3.8) is 0 Å². The van der Waals surface area contributed by atoms with Crippen molar-refractivity contribution in [3.8, 4) is 0 Å². The van der Waals surface area contributed by atoms with Crippen LogP contribution in [-0.4, -0.2) is 65.9 Å². The van der Waals surface area contributed by atoms with Crippen LogP contribution in [0.2, 0.25) is 0 Å². The molecule has 0 radical (unpaired) electrons. The van der Waals surface area contributed by atoms with Crippen LogP contribution in [0.5, 0.6) is 0 Å². The number of carbonyl (C=O) groups excluding carboxylic acids is 2. The van der Waals surface area contributed by atoms with Crippen LogP contribution in [0.15, 0.2) is 18.5 Å². The van der Waals surface area contributed by atoms with Crippen LogP contribution in [0, 0.1) is 0 Å². The van der Waals surface area contributed by atoms with Gasteiger partial charge in [-0.2, -0.15) is 0 Å². The second-order valence-electron chi connectivity index (χ2n) is 5.84. The molecule has 1 aliphatic rings. The fourth-order valence-corrected chi connectivity index (χ4v) is 2.28. The maximum Gasteiger partial charge on any atom is 0.255 e. The van der Waals surface area contributed by atoms with Gasteiger partial charge < -0.3 is 15.1 Å². The normalized spacial score (nSPS) is 17.1. The van der Waals surface area contributed by atoms with Crippen molar-refractivity contribution < 1.29 is 9.59 Å². The van der Waals surface area contributed by atoms with Gasteiger partial charge >= 0.3 is 0 Å². The summed E-state index contributed by atoms with van der Waals surface area (Å²) in [6.45, 7) is 7.11. The zero-order valence-corrected chi connectivity index (χ0v) is 13.5. The molecule has 0 aliphatic carbocycles. The first-order valence-corrected chi connectivity index (χ1v) is 7.75. The summed E-state index contributed by atoms with van der Waals surface area (Å²) in [5.74, 6) is -0.242. The van der Waals surface area contributed by atoms with E-state index in [1.165, 1.54) is 12.4 Å². The number of hydrogen-bond donors (Lipinski definition) is 1. The minimum absolute atomic E-state index is 0.0567. The Morgan fingerprint density at radius 3 is 2.50 bits per heavy atom. The van der Waals surface area contributed by atoms with Gasteiger partial charge in [0.25, 0.3) is 11.8 Å². The Balaban J connectivity index is 2.07. The average molecular weight is 304 g/mol. The Kier molecular flexibility index (Phi) is 5.49. The first kappa shape index (κ1) is 16.4. The SMILES string of the molecule is CCC(C)NC(=O)c1cncc(C(=O)N2CCN(C)CC2)c1. The Labute approximate surface area is 131 Å². The number of aromatic nitrogens is 1. The maximum atomic E-state index is 12.5. The minimum Gasteiger partial charge on any atom is -0.350 e. The predicted octanol–water partition coefficient (Wildman–Crippen LogP) is 0.998. The molecule has 120 valence electrons. The number of piperazine rings is 1. The highest BCUT2D eigenvalue weighted by atomic mass is 16.2. The van der Waals surface area contributed by atoms with Gasteiger partial charge in [-0.1, -0.05) is 6.92 Å². The summed E-state index contributed by atoms with van der Waals surface area (Å²) in [6, 6.07) is 1.73. The second kappa shape index (κ2) is 7.35. The highest BCUT2D eigenvalue weighted by Crippen LogP contribution is 2.09. The lowest BCUT2D eigenvalue weighted by Gasteiger charge is -2.32. The Morgan fingerprint density at radius 1 is 1.23 bits per heavy atom. The molecule has 2 heterocycles. The topological polar surface area (TPSA) is 65.5 Å². The zero-order chi connectivity index (χ0) is 16.1. The number of nitrogens with one attached hydrogen (secondary N) is 1. The van der Waals surface area contributed by atoms with Crippen molar-refractivity contribution in [2.45, 2.75) is 26.3 Å². The number of likely N-dealkylation sites (N-methyl/N-ethyl adjacent to an activating group) is 1. The summed E-state index contributed by atoms with van der Waals surface area (Å²) in [5, 5.41) is 2.89. The Bertz CT molecular complexity index is 539. The summed E-state index contributed by atoms with van der Waals surface area (Å²) >= 11 is 0. The molecule has 2 amide bonds. The number of rotatable bonds is 4. The molecule has 1 aromatic rings. The monoisotopic (exact) mass is 304 g/mol. The first-order chi connectivity index (χ1) is 10.5. The molecule has 1 N–H and O–H groups in total. The molecule has 1 saturated heterocycles. The molecule has 0 saturated carbocycles. The van der Waals surface area contributed by atoms with E-state index in [1.54, 1.807) is 6.07 Å². The fourth-order valence-electron chi connectivity index (χ4n) is 2.28. The van der Waals surface area contributed by atoms with E-state index in [0.29, 0.717) is 24.2 Å². The zero-order valence-electron chi connectivity index (χ0n) is 13.5. The lowest BCUT2D eigenvalue weighted by molar-refractivity contribution is 0.0663. The van der Waals surface area contributed by atoms with Gasteiger partial charge in [0.2, 0.25) is 0 Å². The number of pyridine rings is 1. The maximum absolute atomic E-state index is 12.5. The number of hydrogen-bond acceptors (Lipinski definition) is 4. The smallest absolute Gasteiger partial charge is 0.255 e. The molecule has 22 heavy (non-hydrogen) atoms. The third-order valence-electron chi connectivity index (χ3n) is 4.03. The number of carbonyl (C=O) groups is 2. The first-order valence-electron chi connectivity index (χ1n) is 7.75. The van der Waals surface area contributed by atoms with Crippen molar-refractivity contribution in [3.05, 3.63) is 29.6 Å². The lowest BCUT2D eigenvalue weighted by Crippen LogP contribution is -2.47. The molecule has 1 aliphatic heterocycles. The molecule has 1 atom stereocenters. The van der Waals surface area contributed by atoms with Gasteiger partial charge in [0.15, 0.2) is 0 Å². The summed E-state index contributed by atoms with van der Waals surface area (Å²) in [7, 11) is 2.04. The van der Waals surface area contributed by atoms with E-state index in [-0.39, 0.29) is 17.9 Å². The third-order valence-corrected chi connectivity index (χ3v) is 4.03. The van der Waals surface area contributed by atoms with E-state index in [4.69, 9.17) is 0 Å². The largest absolute Gasteiger partial charge is 0.350 e. The molecular formula is C16H24N4O2. The van der Waals surface area contributed by atoms with E-state index >= 15 is 0 Å². The van der Waals surface area contributed by atoms with Crippen LogP contribution >= 0.6 is 0 Å². The highest BCUT2D eigenvalue weighted by Gasteiger charge is 2.21. The van der Waals surface area contributed by atoms with Crippen LogP contribution in [-0.2, 0) is 0 Å². The van der Waals surface area contributed by atoms with Crippen LogP contribution in [0.3, 0.4) is 0 Å². The van der Waals surface area contributed by atoms with Gasteiger partial charge in [0, 0.05) is 44.6 Å². The molecule has 0 spiro atoms. The molecule has 0 bridgehead atoms. The number of amides is 2. The molecule has 2 rings (SSSR count). The Hall–Kier alpha value is -1.95. The average Bonchev–Trinajstić information content (AvgIpc) is 2.54. The van der Waals surface area contributed by atoms with E-state index in [9.17, 15) is 9.59 Å². The number of nitrogens with zero attached hydrogens (tertiary/aromatic N) is 3. The van der Waals surface area contributed by atoms with Crippen LogP contribution in [0.1, 0.15) is 41.0 Å². The second-order valence-corrected chi connectivity index (χ2v) is 5.84. The van der Waals surface area contributed by atoms with Crippen molar-refractivity contribution >= 4 is 11.8 Å². The van der Waals surface area contributed by atoms with E-state index < -0.39 is 0 Å². The van der Waals surface area contributed by atoms with Gasteiger partial charge in [-0.3, -0.25) is 14.6 Å². The summed E-state index contributed by atoms with van der Waals surface area (Å²) < 4.78 is 0. The lowest BCUT2D eigenvalue weighted by atomic mass is 10.1. The summed E-state index contributed by atoms with van der Waals surface area (Å²) in [6.07, 6.45) is 3.89. The van der Waals surface area contributed by atoms with E-state index in [2.05, 4.69) is 15.2 Å². The van der Waals surface area contributed by atoms with Gasteiger partial charge in [0.05, 0.1) is 11.1 Å². The van der Waals surface area contributed by atoms with Crippen molar-refractivity contribution in [1.82, 2.24) is 20.1 Å². The van der Waals surface area contributed by atoms with Crippen molar-refractivity contribution in [1.29, 1.82) is 0 Å². The molecule has 1 fully saturated rings. The summed E-state index contributed by atoms with van der Waals surface area (Å²) in [5.41, 5.74) is 0.904. The minimum atomic E-state index is -0.185. The third kappa shape index (κ3) is 4.04. The van der Waals surface area contributed by atoms with Crippen LogP contribution in [0.25, 0.3) is 0 Å². The van der Waals surface area contributed by atoms with Crippen LogP contribution in [0.4, 0.5) is 0 Å². The van der Waals surface area contributed by atoms with Gasteiger partial charge in [-0.15, -0.1) is 0 Å². The van der Waals surface area contributed by atoms with Crippen LogP contribution < -0.4 is 5.32 Å². The molecule has 1 aromatic heterocycles. The fraction of sp³-hybridized carbons (Fsp3) is 0.562. The molecule has 6 nitrogen and oxygen atoms in total. The van der Waals surface area contributed by atoms with Crippen molar-refractivity contribution in [2.75, 3.05) is 33.2 Å². The van der Waals surface area contributed by atoms with E-state index in [0.717, 1.165) is 19.5 Å². The predicted molar refractivity (Wildman–Crippen MR) is 84.9 cm³/mol. The molecule has 6 heteroatoms. The van der Waals surface area contributed by atoms with Crippen molar-refractivity contribution in [2.24, 2.45) is 0 Å². The summed E-state index contributed by atoms with van der Waals surface area (Å²) in [4.78, 5) is 32.7. The quantitative estimate of drug-likeness (QED) is 0.901. The standard InChI is InChI=1S/C16H24N4O2/c1-4-12(2)18-15(21)13-9-14(11-17-10-13)16(22)20-7-5-19(3)6-8-20/h9-12H,4-8H2,1-3H3,(H,18,21). The Morgan fingerprint density at radius 2 is 1.86 bits per heavy atom. The molecule has 1 unspecified atom stereocenters. The molecule has 0 aromatic carbocycles. The van der Waals surface area contributed by atoms with Gasteiger partial charge in [-0.05, 0) is 26.5 Å². The molecular weight excluding hydrogens is 280 g/mol. The van der Waals surface area contributed by atoms with Gasteiger partial charge in [0.1, 0.15) is 0 Å².